The highest BCUT2D eigenvalue weighted by Crippen LogP contribution is 2.29. The Kier molecular flexibility index (Phi) is 5.75. The number of aryl methyl sites for hydroxylation is 1. The average Bonchev–Trinajstić information content (AvgIpc) is 2.95. The second-order valence-corrected chi connectivity index (χ2v) is 6.13. The Morgan fingerprint density at radius 1 is 1.11 bits per heavy atom. The van der Waals surface area contributed by atoms with Crippen molar-refractivity contribution in [1.29, 1.82) is 0 Å². The maximum atomic E-state index is 3.68. The van der Waals surface area contributed by atoms with E-state index in [0.717, 1.165) is 5.92 Å². The summed E-state index contributed by atoms with van der Waals surface area (Å²) < 4.78 is 0. The van der Waals surface area contributed by atoms with Crippen LogP contribution in [0.15, 0.2) is 24.3 Å². The molecule has 1 unspecified atom stereocenters. The van der Waals surface area contributed by atoms with Crippen molar-refractivity contribution in [3.63, 3.8) is 0 Å². The summed E-state index contributed by atoms with van der Waals surface area (Å²) in [6.45, 7) is 4.60. The van der Waals surface area contributed by atoms with Gasteiger partial charge in [-0.2, -0.15) is 0 Å². The lowest BCUT2D eigenvalue weighted by Gasteiger charge is -2.21. The molecule has 19 heavy (non-hydrogen) atoms. The standard InChI is InChI=1S/C18H29N/c1-3-4-5-8-16-11-13-18(14-12-16)19-15(2)17-9-6-7-10-17/h11-15,17,19H,3-10H2,1-2H3. The van der Waals surface area contributed by atoms with Gasteiger partial charge in [-0.3, -0.25) is 0 Å². The molecular formula is C18H29N. The van der Waals surface area contributed by atoms with Crippen LogP contribution in [0.2, 0.25) is 0 Å². The molecule has 0 amide bonds. The van der Waals surface area contributed by atoms with Gasteiger partial charge in [0, 0.05) is 11.7 Å². The molecule has 106 valence electrons. The van der Waals surface area contributed by atoms with Crippen LogP contribution in [0.3, 0.4) is 0 Å². The van der Waals surface area contributed by atoms with Crippen LogP contribution >= 0.6 is 0 Å². The number of benzene rings is 1. The minimum absolute atomic E-state index is 0.619. The highest BCUT2D eigenvalue weighted by Gasteiger charge is 2.21. The summed E-state index contributed by atoms with van der Waals surface area (Å²) in [7, 11) is 0. The monoisotopic (exact) mass is 259 g/mol. The van der Waals surface area contributed by atoms with E-state index in [2.05, 4.69) is 43.4 Å². The number of hydrogen-bond acceptors (Lipinski definition) is 1. The van der Waals surface area contributed by atoms with Crippen LogP contribution in [-0.2, 0) is 6.42 Å². The van der Waals surface area contributed by atoms with Gasteiger partial charge in [-0.05, 0) is 56.2 Å². The van der Waals surface area contributed by atoms with Gasteiger partial charge >= 0.3 is 0 Å². The summed E-state index contributed by atoms with van der Waals surface area (Å²) in [6.07, 6.45) is 10.9. The molecular weight excluding hydrogens is 230 g/mol. The third-order valence-corrected chi connectivity index (χ3v) is 4.52. The van der Waals surface area contributed by atoms with E-state index < -0.39 is 0 Å². The van der Waals surface area contributed by atoms with Crippen molar-refractivity contribution in [2.24, 2.45) is 5.92 Å². The van der Waals surface area contributed by atoms with Crippen LogP contribution in [0.4, 0.5) is 5.69 Å². The molecule has 1 aromatic carbocycles. The Morgan fingerprint density at radius 3 is 2.42 bits per heavy atom. The lowest BCUT2D eigenvalue weighted by atomic mass is 9.99. The Hall–Kier alpha value is -0.980. The molecule has 1 atom stereocenters. The van der Waals surface area contributed by atoms with E-state index in [1.807, 2.05) is 0 Å². The lowest BCUT2D eigenvalue weighted by molar-refractivity contribution is 0.482. The molecule has 1 heteroatoms. The van der Waals surface area contributed by atoms with Gasteiger partial charge in [0.2, 0.25) is 0 Å². The van der Waals surface area contributed by atoms with Crippen LogP contribution in [0.1, 0.15) is 64.4 Å². The number of rotatable bonds is 7. The lowest BCUT2D eigenvalue weighted by Crippen LogP contribution is -2.23. The first-order valence-corrected chi connectivity index (χ1v) is 8.15. The van der Waals surface area contributed by atoms with E-state index in [4.69, 9.17) is 0 Å². The van der Waals surface area contributed by atoms with Gasteiger partial charge in [-0.15, -0.1) is 0 Å². The van der Waals surface area contributed by atoms with Gasteiger partial charge in [-0.25, -0.2) is 0 Å². The summed E-state index contributed by atoms with van der Waals surface area (Å²) in [5.74, 6) is 0.879. The molecule has 1 fully saturated rings. The van der Waals surface area contributed by atoms with Gasteiger partial charge in [0.05, 0.1) is 0 Å². The van der Waals surface area contributed by atoms with Crippen molar-refractivity contribution in [3.05, 3.63) is 29.8 Å². The Morgan fingerprint density at radius 2 is 1.79 bits per heavy atom. The number of unbranched alkanes of at least 4 members (excludes halogenated alkanes) is 2. The highest BCUT2D eigenvalue weighted by molar-refractivity contribution is 5.45. The molecule has 0 aliphatic heterocycles. The molecule has 2 rings (SSSR count). The van der Waals surface area contributed by atoms with Crippen LogP contribution in [-0.4, -0.2) is 6.04 Å². The molecule has 0 bridgehead atoms. The maximum Gasteiger partial charge on any atom is 0.0342 e. The third-order valence-electron chi connectivity index (χ3n) is 4.52. The molecule has 1 saturated carbocycles. The molecule has 0 radical (unpaired) electrons. The summed E-state index contributed by atoms with van der Waals surface area (Å²) >= 11 is 0. The van der Waals surface area contributed by atoms with Crippen molar-refractivity contribution in [2.75, 3.05) is 5.32 Å². The zero-order valence-electron chi connectivity index (χ0n) is 12.6. The molecule has 0 heterocycles. The Balaban J connectivity index is 1.80. The van der Waals surface area contributed by atoms with Crippen molar-refractivity contribution < 1.29 is 0 Å². The van der Waals surface area contributed by atoms with E-state index in [1.165, 1.54) is 62.6 Å². The van der Waals surface area contributed by atoms with Crippen molar-refractivity contribution in [3.8, 4) is 0 Å². The Bertz CT molecular complexity index is 348. The third kappa shape index (κ3) is 4.56. The fraction of sp³-hybridized carbons (Fsp3) is 0.667. The highest BCUT2D eigenvalue weighted by atomic mass is 14.9. The summed E-state index contributed by atoms with van der Waals surface area (Å²) in [5.41, 5.74) is 2.77. The number of hydrogen-bond donors (Lipinski definition) is 1. The zero-order chi connectivity index (χ0) is 13.5. The SMILES string of the molecule is CCCCCc1ccc(NC(C)C2CCCC2)cc1. The van der Waals surface area contributed by atoms with Crippen LogP contribution in [0.25, 0.3) is 0 Å². The van der Waals surface area contributed by atoms with Gasteiger partial charge in [0.25, 0.3) is 0 Å². The van der Waals surface area contributed by atoms with Crippen LogP contribution in [0.5, 0.6) is 0 Å². The second-order valence-electron chi connectivity index (χ2n) is 6.13. The Labute approximate surface area is 118 Å². The molecule has 0 saturated heterocycles. The van der Waals surface area contributed by atoms with Crippen LogP contribution < -0.4 is 5.32 Å². The summed E-state index contributed by atoms with van der Waals surface area (Å²) in [4.78, 5) is 0. The predicted octanol–water partition coefficient (Wildman–Crippen LogP) is 5.41. The van der Waals surface area contributed by atoms with Gasteiger partial charge in [0.15, 0.2) is 0 Å². The normalized spacial score (nSPS) is 17.6. The first kappa shape index (κ1) is 14.4. The molecule has 1 aliphatic rings. The topological polar surface area (TPSA) is 12.0 Å². The largest absolute Gasteiger partial charge is 0.382 e. The maximum absolute atomic E-state index is 3.68. The first-order valence-electron chi connectivity index (χ1n) is 8.15. The fourth-order valence-corrected chi connectivity index (χ4v) is 3.18. The summed E-state index contributed by atoms with van der Waals surface area (Å²) in [6, 6.07) is 9.71. The number of nitrogens with one attached hydrogen (secondary N) is 1. The van der Waals surface area contributed by atoms with E-state index in [9.17, 15) is 0 Å². The van der Waals surface area contributed by atoms with E-state index >= 15 is 0 Å². The second kappa shape index (κ2) is 7.57. The molecule has 1 aromatic rings. The average molecular weight is 259 g/mol. The fourth-order valence-electron chi connectivity index (χ4n) is 3.18. The van der Waals surface area contributed by atoms with Crippen molar-refractivity contribution in [2.45, 2.75) is 71.3 Å². The minimum atomic E-state index is 0.619. The molecule has 0 aromatic heterocycles. The first-order chi connectivity index (χ1) is 9.29. The van der Waals surface area contributed by atoms with Gasteiger partial charge < -0.3 is 5.32 Å². The van der Waals surface area contributed by atoms with Crippen LogP contribution in [0, 0.1) is 5.92 Å². The van der Waals surface area contributed by atoms with E-state index in [1.54, 1.807) is 0 Å². The molecule has 1 N–H and O–H groups in total. The van der Waals surface area contributed by atoms with E-state index in [-0.39, 0.29) is 0 Å². The molecule has 1 nitrogen and oxygen atoms in total. The minimum Gasteiger partial charge on any atom is -0.382 e. The van der Waals surface area contributed by atoms with E-state index in [0.29, 0.717) is 6.04 Å². The van der Waals surface area contributed by atoms with Crippen molar-refractivity contribution in [1.82, 2.24) is 0 Å². The van der Waals surface area contributed by atoms with Gasteiger partial charge in [0.1, 0.15) is 0 Å². The smallest absolute Gasteiger partial charge is 0.0342 e. The zero-order valence-corrected chi connectivity index (χ0v) is 12.6. The molecule has 1 aliphatic carbocycles. The van der Waals surface area contributed by atoms with Crippen molar-refractivity contribution >= 4 is 5.69 Å². The number of anilines is 1. The summed E-state index contributed by atoms with van der Waals surface area (Å²) in [5, 5.41) is 3.68. The predicted molar refractivity (Wildman–Crippen MR) is 84.7 cm³/mol. The quantitative estimate of drug-likeness (QED) is 0.646. The van der Waals surface area contributed by atoms with Gasteiger partial charge in [-0.1, -0.05) is 44.7 Å². The molecule has 0 spiro atoms.